The van der Waals surface area contributed by atoms with Gasteiger partial charge in [0.2, 0.25) is 5.91 Å². The van der Waals surface area contributed by atoms with Gasteiger partial charge in [0.15, 0.2) is 0 Å². The molecule has 1 heterocycles. The highest BCUT2D eigenvalue weighted by Crippen LogP contribution is 2.32. The van der Waals surface area contributed by atoms with Crippen molar-refractivity contribution in [1.29, 1.82) is 0 Å². The first kappa shape index (κ1) is 16.7. The fourth-order valence-corrected chi connectivity index (χ4v) is 3.05. The van der Waals surface area contributed by atoms with E-state index in [0.29, 0.717) is 11.4 Å². The zero-order valence-electron chi connectivity index (χ0n) is 14.1. The largest absolute Gasteiger partial charge is 0.326 e. The lowest BCUT2D eigenvalue weighted by molar-refractivity contribution is -0.134. The summed E-state index contributed by atoms with van der Waals surface area (Å²) in [6, 6.07) is 14.2. The molecule has 25 heavy (non-hydrogen) atoms. The van der Waals surface area contributed by atoms with Crippen LogP contribution in [0.25, 0.3) is 0 Å². The molecule has 0 spiro atoms. The van der Waals surface area contributed by atoms with Crippen LogP contribution >= 0.6 is 0 Å². The van der Waals surface area contributed by atoms with E-state index in [1.165, 1.54) is 11.8 Å². The minimum Gasteiger partial charge on any atom is -0.326 e. The van der Waals surface area contributed by atoms with E-state index in [1.54, 1.807) is 24.3 Å². The molecule has 2 aromatic carbocycles. The van der Waals surface area contributed by atoms with Crippen molar-refractivity contribution in [2.45, 2.75) is 26.3 Å². The normalized spacial score (nSPS) is 15.4. The molecule has 3 amide bonds. The maximum absolute atomic E-state index is 12.6. The SMILES string of the molecule is CC(=O)Nc1cccc(NC(=O)C(=O)N2c3ccccc3CC2C)c1. The second-order valence-electron chi connectivity index (χ2n) is 6.07. The van der Waals surface area contributed by atoms with Gasteiger partial charge in [-0.2, -0.15) is 0 Å². The molecule has 0 bridgehead atoms. The molecule has 6 nitrogen and oxygen atoms in total. The van der Waals surface area contributed by atoms with Crippen molar-refractivity contribution in [1.82, 2.24) is 0 Å². The summed E-state index contributed by atoms with van der Waals surface area (Å²) in [4.78, 5) is 37.7. The molecule has 128 valence electrons. The minimum absolute atomic E-state index is 0.0682. The van der Waals surface area contributed by atoms with Crippen LogP contribution in [0.5, 0.6) is 0 Å². The quantitative estimate of drug-likeness (QED) is 0.827. The summed E-state index contributed by atoms with van der Waals surface area (Å²) in [5, 5.41) is 5.24. The van der Waals surface area contributed by atoms with E-state index in [2.05, 4.69) is 10.6 Å². The third kappa shape index (κ3) is 3.52. The maximum atomic E-state index is 12.6. The van der Waals surface area contributed by atoms with E-state index in [4.69, 9.17) is 0 Å². The molecule has 0 aromatic heterocycles. The molecule has 0 saturated carbocycles. The first-order valence-corrected chi connectivity index (χ1v) is 8.06. The molecule has 2 N–H and O–H groups in total. The number of nitrogens with zero attached hydrogens (tertiary/aromatic N) is 1. The molecular weight excluding hydrogens is 318 g/mol. The van der Waals surface area contributed by atoms with Crippen molar-refractivity contribution in [3.8, 4) is 0 Å². The number of rotatable bonds is 2. The second kappa shape index (κ2) is 6.76. The van der Waals surface area contributed by atoms with Gasteiger partial charge in [-0.15, -0.1) is 0 Å². The van der Waals surface area contributed by atoms with Crippen molar-refractivity contribution >= 4 is 34.8 Å². The van der Waals surface area contributed by atoms with Gasteiger partial charge >= 0.3 is 11.8 Å². The average molecular weight is 337 g/mol. The molecular formula is C19H19N3O3. The molecule has 0 saturated heterocycles. The Kier molecular flexibility index (Phi) is 4.52. The number of hydrogen-bond donors (Lipinski definition) is 2. The molecule has 1 aliphatic rings. The number of carbonyl (C=O) groups is 3. The third-order valence-corrected chi connectivity index (χ3v) is 4.06. The van der Waals surface area contributed by atoms with E-state index >= 15 is 0 Å². The van der Waals surface area contributed by atoms with Crippen molar-refractivity contribution < 1.29 is 14.4 Å². The van der Waals surface area contributed by atoms with Crippen LogP contribution in [0.3, 0.4) is 0 Å². The average Bonchev–Trinajstić information content (AvgIpc) is 2.89. The van der Waals surface area contributed by atoms with Gasteiger partial charge in [-0.3, -0.25) is 14.4 Å². The van der Waals surface area contributed by atoms with Gasteiger partial charge in [0, 0.05) is 30.0 Å². The summed E-state index contributed by atoms with van der Waals surface area (Å²) < 4.78 is 0. The van der Waals surface area contributed by atoms with Gasteiger partial charge < -0.3 is 15.5 Å². The highest BCUT2D eigenvalue weighted by atomic mass is 16.2. The molecule has 3 rings (SSSR count). The van der Waals surface area contributed by atoms with Gasteiger partial charge in [-0.25, -0.2) is 0 Å². The van der Waals surface area contributed by atoms with Crippen LogP contribution in [-0.2, 0) is 20.8 Å². The fraction of sp³-hybridized carbons (Fsp3) is 0.211. The number of fused-ring (bicyclic) bond motifs is 1. The zero-order valence-corrected chi connectivity index (χ0v) is 14.1. The smallest absolute Gasteiger partial charge is 0.316 e. The number of hydrogen-bond acceptors (Lipinski definition) is 3. The third-order valence-electron chi connectivity index (χ3n) is 4.06. The molecule has 0 radical (unpaired) electrons. The molecule has 2 aromatic rings. The van der Waals surface area contributed by atoms with Crippen LogP contribution < -0.4 is 15.5 Å². The summed E-state index contributed by atoms with van der Waals surface area (Å²) in [5.41, 5.74) is 2.84. The Hall–Kier alpha value is -3.15. The molecule has 0 aliphatic carbocycles. The van der Waals surface area contributed by atoms with Crippen molar-refractivity contribution in [3.05, 3.63) is 54.1 Å². The Morgan fingerprint density at radius 3 is 2.40 bits per heavy atom. The van der Waals surface area contributed by atoms with Crippen LogP contribution in [-0.4, -0.2) is 23.8 Å². The fourth-order valence-electron chi connectivity index (χ4n) is 3.05. The summed E-state index contributed by atoms with van der Waals surface area (Å²) in [5.74, 6) is -1.51. The van der Waals surface area contributed by atoms with E-state index in [1.807, 2.05) is 31.2 Å². The van der Waals surface area contributed by atoms with Crippen molar-refractivity contribution in [2.75, 3.05) is 15.5 Å². The number of benzene rings is 2. The number of carbonyl (C=O) groups excluding carboxylic acids is 3. The molecule has 0 fully saturated rings. The molecule has 1 aliphatic heterocycles. The Labute approximate surface area is 145 Å². The van der Waals surface area contributed by atoms with Crippen molar-refractivity contribution in [3.63, 3.8) is 0 Å². The Bertz CT molecular complexity index is 847. The first-order chi connectivity index (χ1) is 12.0. The standard InChI is InChI=1S/C19H19N3O3/c1-12-10-14-6-3-4-9-17(14)22(12)19(25)18(24)21-16-8-5-7-15(11-16)20-13(2)23/h3-9,11-12H,10H2,1-2H3,(H,20,23)(H,21,24). The Morgan fingerprint density at radius 2 is 1.68 bits per heavy atom. The van der Waals surface area contributed by atoms with Crippen LogP contribution in [0.1, 0.15) is 19.4 Å². The number of nitrogens with one attached hydrogen (secondary N) is 2. The number of amides is 3. The van der Waals surface area contributed by atoms with Crippen LogP contribution in [0.2, 0.25) is 0 Å². The second-order valence-corrected chi connectivity index (χ2v) is 6.07. The molecule has 6 heteroatoms. The van der Waals surface area contributed by atoms with Crippen LogP contribution in [0.15, 0.2) is 48.5 Å². The maximum Gasteiger partial charge on any atom is 0.316 e. The lowest BCUT2D eigenvalue weighted by atomic mass is 10.1. The van der Waals surface area contributed by atoms with E-state index in [-0.39, 0.29) is 11.9 Å². The van der Waals surface area contributed by atoms with Gasteiger partial charge in [0.25, 0.3) is 0 Å². The highest BCUT2D eigenvalue weighted by molar-refractivity contribution is 6.44. The van der Waals surface area contributed by atoms with Gasteiger partial charge in [0.05, 0.1) is 0 Å². The summed E-state index contributed by atoms with van der Waals surface area (Å²) in [6.07, 6.45) is 0.729. The monoisotopic (exact) mass is 337 g/mol. The van der Waals surface area contributed by atoms with Gasteiger partial charge in [-0.1, -0.05) is 24.3 Å². The predicted molar refractivity (Wildman–Crippen MR) is 96.5 cm³/mol. The predicted octanol–water partition coefficient (Wildman–Crippen LogP) is 2.56. The summed E-state index contributed by atoms with van der Waals surface area (Å²) in [6.45, 7) is 3.32. The summed E-state index contributed by atoms with van der Waals surface area (Å²) in [7, 11) is 0. The van der Waals surface area contributed by atoms with Crippen molar-refractivity contribution in [2.24, 2.45) is 0 Å². The zero-order chi connectivity index (χ0) is 18.0. The Balaban J connectivity index is 1.76. The molecule has 1 atom stereocenters. The number of anilines is 3. The van der Waals surface area contributed by atoms with Crippen LogP contribution in [0, 0.1) is 0 Å². The molecule has 1 unspecified atom stereocenters. The first-order valence-electron chi connectivity index (χ1n) is 8.06. The lowest BCUT2D eigenvalue weighted by Gasteiger charge is -2.22. The van der Waals surface area contributed by atoms with E-state index in [0.717, 1.165) is 17.7 Å². The van der Waals surface area contributed by atoms with Gasteiger partial charge in [0.1, 0.15) is 0 Å². The minimum atomic E-state index is -0.705. The topological polar surface area (TPSA) is 78.5 Å². The van der Waals surface area contributed by atoms with Gasteiger partial charge in [-0.05, 0) is 43.2 Å². The number of para-hydroxylation sites is 1. The summed E-state index contributed by atoms with van der Waals surface area (Å²) >= 11 is 0. The highest BCUT2D eigenvalue weighted by Gasteiger charge is 2.34. The van der Waals surface area contributed by atoms with E-state index in [9.17, 15) is 14.4 Å². The van der Waals surface area contributed by atoms with Crippen LogP contribution in [0.4, 0.5) is 17.1 Å². The lowest BCUT2D eigenvalue weighted by Crippen LogP contribution is -2.43. The van der Waals surface area contributed by atoms with E-state index < -0.39 is 11.8 Å². The Morgan fingerprint density at radius 1 is 1.00 bits per heavy atom.